The molecule has 3 nitrogen and oxygen atoms in total. The molecule has 1 unspecified atom stereocenters. The van der Waals surface area contributed by atoms with Crippen LogP contribution in [0.5, 0.6) is 0 Å². The molecule has 3 heteroatoms. The molecule has 104 valence electrons. The van der Waals surface area contributed by atoms with Crippen LogP contribution in [0.25, 0.3) is 5.57 Å². The van der Waals surface area contributed by atoms with Gasteiger partial charge in [0.2, 0.25) is 0 Å². The Morgan fingerprint density at radius 1 is 1.26 bits per heavy atom. The average Bonchev–Trinajstić information content (AvgIpc) is 2.43. The zero-order valence-electron chi connectivity index (χ0n) is 12.1. The van der Waals surface area contributed by atoms with E-state index in [1.807, 2.05) is 6.07 Å². The molecule has 1 saturated heterocycles. The summed E-state index contributed by atoms with van der Waals surface area (Å²) in [6, 6.07) is 11.0. The number of nitrogens with zero attached hydrogens (tertiary/aromatic N) is 2. The predicted octanol–water partition coefficient (Wildman–Crippen LogP) is 1.54. The number of likely N-dealkylation sites (N-methyl/N-ethyl adjacent to an activating group) is 2. The molecule has 0 aromatic heterocycles. The van der Waals surface area contributed by atoms with E-state index in [4.69, 9.17) is 0 Å². The fraction of sp³-hybridized carbons (Fsp3) is 0.500. The fourth-order valence-electron chi connectivity index (χ4n) is 2.49. The summed E-state index contributed by atoms with van der Waals surface area (Å²) in [5.41, 5.74) is 2.39. The van der Waals surface area contributed by atoms with Crippen molar-refractivity contribution in [1.82, 2.24) is 15.1 Å². The highest BCUT2D eigenvalue weighted by atomic mass is 15.3. The smallest absolute Gasteiger partial charge is 0.0345 e. The molecule has 0 radical (unpaired) electrons. The normalized spacial score (nSPS) is 21.5. The number of hydrogen-bond acceptors (Lipinski definition) is 3. The van der Waals surface area contributed by atoms with Gasteiger partial charge in [-0.25, -0.2) is 0 Å². The number of rotatable bonds is 5. The Labute approximate surface area is 116 Å². The van der Waals surface area contributed by atoms with Crippen LogP contribution in [0.1, 0.15) is 5.56 Å². The highest BCUT2D eigenvalue weighted by Gasteiger charge is 2.21. The van der Waals surface area contributed by atoms with Crippen LogP contribution in [0.4, 0.5) is 0 Å². The number of benzene rings is 1. The molecule has 1 aromatic rings. The van der Waals surface area contributed by atoms with Crippen molar-refractivity contribution in [2.24, 2.45) is 0 Å². The summed E-state index contributed by atoms with van der Waals surface area (Å²) in [6.45, 7) is 9.50. The summed E-state index contributed by atoms with van der Waals surface area (Å²) in [4.78, 5) is 4.84. The Bertz CT molecular complexity index is 402. The van der Waals surface area contributed by atoms with Gasteiger partial charge in [-0.15, -0.1) is 0 Å². The van der Waals surface area contributed by atoms with Crippen molar-refractivity contribution < 1.29 is 0 Å². The third kappa shape index (κ3) is 4.16. The van der Waals surface area contributed by atoms with Crippen molar-refractivity contribution in [3.63, 3.8) is 0 Å². The first-order valence-electron chi connectivity index (χ1n) is 6.99. The molecule has 1 N–H and O–H groups in total. The van der Waals surface area contributed by atoms with Crippen molar-refractivity contribution in [2.45, 2.75) is 6.04 Å². The summed E-state index contributed by atoms with van der Waals surface area (Å²) in [5, 5.41) is 3.54. The van der Waals surface area contributed by atoms with Gasteiger partial charge in [-0.05, 0) is 25.2 Å². The molecule has 0 amide bonds. The maximum Gasteiger partial charge on any atom is 0.0345 e. The molecule has 1 atom stereocenters. The molecular weight excluding hydrogens is 234 g/mol. The SMILES string of the molecule is C=C(CNCC1CN(C)CCN1C)c1ccccc1. The van der Waals surface area contributed by atoms with Gasteiger partial charge in [0.25, 0.3) is 0 Å². The lowest BCUT2D eigenvalue weighted by atomic mass is 10.1. The molecule has 1 aromatic carbocycles. The first-order chi connectivity index (χ1) is 9.16. The molecule has 1 heterocycles. The standard InChI is InChI=1S/C16H25N3/c1-14(15-7-5-4-6-8-15)11-17-12-16-13-18(2)9-10-19(16)3/h4-8,16-17H,1,9-13H2,2-3H3. The first kappa shape index (κ1) is 14.3. The topological polar surface area (TPSA) is 18.5 Å². The van der Waals surface area contributed by atoms with Crippen molar-refractivity contribution in [3.05, 3.63) is 42.5 Å². The lowest BCUT2D eigenvalue weighted by Gasteiger charge is -2.37. The van der Waals surface area contributed by atoms with Crippen LogP contribution in [0, 0.1) is 0 Å². The van der Waals surface area contributed by atoms with Gasteiger partial charge in [-0.1, -0.05) is 36.9 Å². The molecule has 0 spiro atoms. The minimum atomic E-state index is 0.599. The second-order valence-corrected chi connectivity index (χ2v) is 5.50. The van der Waals surface area contributed by atoms with E-state index in [2.05, 4.69) is 60.1 Å². The van der Waals surface area contributed by atoms with Gasteiger partial charge in [0.1, 0.15) is 0 Å². The van der Waals surface area contributed by atoms with Crippen LogP contribution in [0.15, 0.2) is 36.9 Å². The Hall–Kier alpha value is -1.16. The minimum Gasteiger partial charge on any atom is -0.311 e. The van der Waals surface area contributed by atoms with Gasteiger partial charge in [-0.2, -0.15) is 0 Å². The van der Waals surface area contributed by atoms with Crippen molar-refractivity contribution in [3.8, 4) is 0 Å². The third-order valence-corrected chi connectivity index (χ3v) is 3.88. The van der Waals surface area contributed by atoms with E-state index < -0.39 is 0 Å². The highest BCUT2D eigenvalue weighted by molar-refractivity contribution is 5.64. The van der Waals surface area contributed by atoms with E-state index in [0.29, 0.717) is 6.04 Å². The average molecular weight is 259 g/mol. The predicted molar refractivity (Wildman–Crippen MR) is 82.3 cm³/mol. The summed E-state index contributed by atoms with van der Waals surface area (Å²) in [6.07, 6.45) is 0. The van der Waals surface area contributed by atoms with E-state index in [9.17, 15) is 0 Å². The lowest BCUT2D eigenvalue weighted by molar-refractivity contribution is 0.114. The molecule has 1 fully saturated rings. The van der Waals surface area contributed by atoms with Crippen molar-refractivity contribution in [2.75, 3.05) is 46.8 Å². The minimum absolute atomic E-state index is 0.599. The summed E-state index contributed by atoms with van der Waals surface area (Å²) in [7, 11) is 4.41. The second kappa shape index (κ2) is 6.85. The quantitative estimate of drug-likeness (QED) is 0.865. The van der Waals surface area contributed by atoms with Gasteiger partial charge >= 0.3 is 0 Å². The molecule has 2 rings (SSSR count). The van der Waals surface area contributed by atoms with Gasteiger partial charge in [0.15, 0.2) is 0 Å². The second-order valence-electron chi connectivity index (χ2n) is 5.50. The first-order valence-corrected chi connectivity index (χ1v) is 6.99. The van der Waals surface area contributed by atoms with Crippen molar-refractivity contribution in [1.29, 1.82) is 0 Å². The Balaban J connectivity index is 1.75. The fourth-order valence-corrected chi connectivity index (χ4v) is 2.49. The van der Waals surface area contributed by atoms with Crippen molar-refractivity contribution >= 4 is 5.57 Å². The van der Waals surface area contributed by atoms with Crippen LogP contribution < -0.4 is 5.32 Å². The zero-order chi connectivity index (χ0) is 13.7. The van der Waals surface area contributed by atoms with Gasteiger partial charge in [0, 0.05) is 38.8 Å². The van der Waals surface area contributed by atoms with Crippen LogP contribution >= 0.6 is 0 Å². The molecule has 0 bridgehead atoms. The number of nitrogens with one attached hydrogen (secondary N) is 1. The summed E-state index contributed by atoms with van der Waals surface area (Å²) >= 11 is 0. The van der Waals surface area contributed by atoms with Crippen LogP contribution in [0.3, 0.4) is 0 Å². The maximum absolute atomic E-state index is 4.16. The number of hydrogen-bond donors (Lipinski definition) is 1. The largest absolute Gasteiger partial charge is 0.311 e. The van der Waals surface area contributed by atoms with E-state index in [-0.39, 0.29) is 0 Å². The Morgan fingerprint density at radius 3 is 2.74 bits per heavy atom. The highest BCUT2D eigenvalue weighted by Crippen LogP contribution is 2.10. The summed E-state index contributed by atoms with van der Waals surface area (Å²) in [5.74, 6) is 0. The van der Waals surface area contributed by atoms with Gasteiger partial charge in [0.05, 0.1) is 0 Å². The van der Waals surface area contributed by atoms with Crippen LogP contribution in [-0.4, -0.2) is 62.7 Å². The van der Waals surface area contributed by atoms with Crippen LogP contribution in [0.2, 0.25) is 0 Å². The van der Waals surface area contributed by atoms with E-state index in [1.54, 1.807) is 0 Å². The van der Waals surface area contributed by atoms with E-state index in [1.165, 1.54) is 12.1 Å². The zero-order valence-corrected chi connectivity index (χ0v) is 12.1. The molecule has 19 heavy (non-hydrogen) atoms. The van der Waals surface area contributed by atoms with Gasteiger partial charge in [-0.3, -0.25) is 4.90 Å². The maximum atomic E-state index is 4.16. The van der Waals surface area contributed by atoms with E-state index >= 15 is 0 Å². The Kier molecular flexibility index (Phi) is 5.14. The molecule has 0 saturated carbocycles. The monoisotopic (exact) mass is 259 g/mol. The van der Waals surface area contributed by atoms with Gasteiger partial charge < -0.3 is 10.2 Å². The third-order valence-electron chi connectivity index (χ3n) is 3.88. The lowest BCUT2D eigenvalue weighted by Crippen LogP contribution is -2.53. The molecule has 0 aliphatic carbocycles. The number of piperazine rings is 1. The van der Waals surface area contributed by atoms with E-state index in [0.717, 1.165) is 31.8 Å². The summed E-state index contributed by atoms with van der Waals surface area (Å²) < 4.78 is 0. The van der Waals surface area contributed by atoms with Crippen LogP contribution in [-0.2, 0) is 0 Å². The Morgan fingerprint density at radius 2 is 2.00 bits per heavy atom. The molecular formula is C16H25N3. The molecule has 1 aliphatic rings. The molecule has 1 aliphatic heterocycles.